The molecule has 2 rings (SSSR count). The van der Waals surface area contributed by atoms with E-state index in [0.717, 1.165) is 5.56 Å². The second kappa shape index (κ2) is 9.18. The van der Waals surface area contributed by atoms with E-state index in [4.69, 9.17) is 11.6 Å². The van der Waals surface area contributed by atoms with Crippen LogP contribution >= 0.6 is 11.6 Å². The average molecular weight is 363 g/mol. The van der Waals surface area contributed by atoms with Crippen molar-refractivity contribution in [3.63, 3.8) is 0 Å². The molecule has 2 aromatic rings. The fourth-order valence-corrected chi connectivity index (χ4v) is 2.46. The molecule has 6 heteroatoms. The Morgan fingerprint density at radius 1 is 1.04 bits per heavy atom. The Hall–Kier alpha value is -2.40. The van der Waals surface area contributed by atoms with E-state index < -0.39 is 0 Å². The van der Waals surface area contributed by atoms with E-state index >= 15 is 0 Å². The Bertz CT molecular complexity index is 717. The zero-order chi connectivity index (χ0) is 18.2. The maximum absolute atomic E-state index is 12.8. The number of halogens is 2. The first-order valence-corrected chi connectivity index (χ1v) is 8.37. The molecule has 0 aliphatic carbocycles. The van der Waals surface area contributed by atoms with Gasteiger partial charge in [0.15, 0.2) is 0 Å². The maximum Gasteiger partial charge on any atom is 0.226 e. The van der Waals surface area contributed by atoms with E-state index in [2.05, 4.69) is 5.32 Å². The molecule has 0 bridgehead atoms. The number of amides is 2. The largest absolute Gasteiger partial charge is 0.342 e. The lowest BCUT2D eigenvalue weighted by atomic mass is 10.1. The molecule has 1 N–H and O–H groups in total. The highest BCUT2D eigenvalue weighted by atomic mass is 35.5. The normalized spacial score (nSPS) is 10.4. The monoisotopic (exact) mass is 362 g/mol. The van der Waals surface area contributed by atoms with E-state index in [1.807, 2.05) is 24.3 Å². The van der Waals surface area contributed by atoms with Crippen molar-refractivity contribution in [2.75, 3.05) is 18.4 Å². The molecule has 0 aliphatic heterocycles. The molecular weight excluding hydrogens is 343 g/mol. The Kier molecular flexibility index (Phi) is 6.95. The Morgan fingerprint density at radius 2 is 1.68 bits per heavy atom. The van der Waals surface area contributed by atoms with Crippen LogP contribution in [-0.2, 0) is 16.0 Å². The molecule has 2 amide bonds. The standard InChI is InChI=1S/C19H20ClFN2O2/c1-14(24)23(12-10-15-2-4-16(20)5-3-15)13-11-19(25)22-18-8-6-17(21)7-9-18/h2-9H,10-13H2,1H3,(H,22,25). The molecule has 2 aromatic carbocycles. The van der Waals surface area contributed by atoms with Gasteiger partial charge in [-0.2, -0.15) is 0 Å². The van der Waals surface area contributed by atoms with Gasteiger partial charge in [-0.3, -0.25) is 9.59 Å². The van der Waals surface area contributed by atoms with E-state index in [0.29, 0.717) is 30.2 Å². The van der Waals surface area contributed by atoms with Gasteiger partial charge in [-0.15, -0.1) is 0 Å². The summed E-state index contributed by atoms with van der Waals surface area (Å²) >= 11 is 5.85. The first-order chi connectivity index (χ1) is 11.9. The summed E-state index contributed by atoms with van der Waals surface area (Å²) in [7, 11) is 0. The minimum atomic E-state index is -0.358. The maximum atomic E-state index is 12.8. The molecule has 0 saturated carbocycles. The number of anilines is 1. The van der Waals surface area contributed by atoms with Crippen LogP contribution in [0.25, 0.3) is 0 Å². The van der Waals surface area contributed by atoms with Gasteiger partial charge in [0, 0.05) is 37.1 Å². The molecule has 0 aliphatic rings. The summed E-state index contributed by atoms with van der Waals surface area (Å²) in [6.45, 7) is 2.34. The van der Waals surface area contributed by atoms with Gasteiger partial charge < -0.3 is 10.2 Å². The molecule has 0 fully saturated rings. The summed E-state index contributed by atoms with van der Waals surface area (Å²) in [5.41, 5.74) is 1.60. The molecule has 0 saturated heterocycles. The van der Waals surface area contributed by atoms with Crippen LogP contribution in [-0.4, -0.2) is 29.8 Å². The van der Waals surface area contributed by atoms with Gasteiger partial charge >= 0.3 is 0 Å². The molecule has 132 valence electrons. The van der Waals surface area contributed by atoms with Crippen LogP contribution in [0.4, 0.5) is 10.1 Å². The number of hydrogen-bond acceptors (Lipinski definition) is 2. The number of nitrogens with one attached hydrogen (secondary N) is 1. The quantitative estimate of drug-likeness (QED) is 0.812. The van der Waals surface area contributed by atoms with E-state index in [9.17, 15) is 14.0 Å². The molecule has 0 radical (unpaired) electrons. The lowest BCUT2D eigenvalue weighted by Gasteiger charge is -2.21. The van der Waals surface area contributed by atoms with E-state index in [-0.39, 0.29) is 24.1 Å². The predicted octanol–water partition coefficient (Wildman–Crippen LogP) is 3.90. The van der Waals surface area contributed by atoms with Crippen molar-refractivity contribution in [1.82, 2.24) is 4.90 Å². The van der Waals surface area contributed by atoms with Crippen LogP contribution < -0.4 is 5.32 Å². The predicted molar refractivity (Wildman–Crippen MR) is 97.1 cm³/mol. The molecule has 0 atom stereocenters. The number of carbonyl (C=O) groups excluding carboxylic acids is 2. The van der Waals surface area contributed by atoms with Gasteiger partial charge in [0.1, 0.15) is 5.82 Å². The van der Waals surface area contributed by atoms with E-state index in [1.54, 1.807) is 4.90 Å². The van der Waals surface area contributed by atoms with Gasteiger partial charge in [0.25, 0.3) is 0 Å². The SMILES string of the molecule is CC(=O)N(CCC(=O)Nc1ccc(F)cc1)CCc1ccc(Cl)cc1. The molecular formula is C19H20ClFN2O2. The fraction of sp³-hybridized carbons (Fsp3) is 0.263. The average Bonchev–Trinajstić information content (AvgIpc) is 2.58. The summed E-state index contributed by atoms with van der Waals surface area (Å²) in [6, 6.07) is 13.0. The summed E-state index contributed by atoms with van der Waals surface area (Å²) < 4.78 is 12.8. The van der Waals surface area contributed by atoms with Crippen molar-refractivity contribution in [3.8, 4) is 0 Å². The second-order valence-corrected chi connectivity index (χ2v) is 6.12. The fourth-order valence-electron chi connectivity index (χ4n) is 2.34. The van der Waals surface area contributed by atoms with Gasteiger partial charge in [0.2, 0.25) is 11.8 Å². The van der Waals surface area contributed by atoms with Crippen molar-refractivity contribution in [3.05, 3.63) is 64.9 Å². The van der Waals surface area contributed by atoms with Crippen molar-refractivity contribution >= 4 is 29.1 Å². The zero-order valence-electron chi connectivity index (χ0n) is 14.0. The number of carbonyl (C=O) groups is 2. The molecule has 0 aromatic heterocycles. The van der Waals surface area contributed by atoms with Crippen molar-refractivity contribution in [1.29, 1.82) is 0 Å². The summed E-state index contributed by atoms with van der Waals surface area (Å²) in [5, 5.41) is 3.36. The zero-order valence-corrected chi connectivity index (χ0v) is 14.7. The minimum Gasteiger partial charge on any atom is -0.342 e. The highest BCUT2D eigenvalue weighted by Crippen LogP contribution is 2.11. The summed E-state index contributed by atoms with van der Waals surface area (Å²) in [5.74, 6) is -0.657. The Morgan fingerprint density at radius 3 is 2.28 bits per heavy atom. The van der Waals surface area contributed by atoms with Gasteiger partial charge in [-0.25, -0.2) is 4.39 Å². The van der Waals surface area contributed by atoms with Crippen LogP contribution in [0.2, 0.25) is 5.02 Å². The Balaban J connectivity index is 1.82. The van der Waals surface area contributed by atoms with Crippen molar-refractivity contribution < 1.29 is 14.0 Å². The Labute approximate surface area is 151 Å². The number of nitrogens with zero attached hydrogens (tertiary/aromatic N) is 1. The first kappa shape index (κ1) is 18.9. The van der Waals surface area contributed by atoms with Crippen LogP contribution in [0.5, 0.6) is 0 Å². The lowest BCUT2D eigenvalue weighted by Crippen LogP contribution is -2.33. The third kappa shape index (κ3) is 6.55. The van der Waals surface area contributed by atoms with Crippen molar-refractivity contribution in [2.24, 2.45) is 0 Å². The van der Waals surface area contributed by atoms with Gasteiger partial charge in [-0.1, -0.05) is 23.7 Å². The van der Waals surface area contributed by atoms with Crippen LogP contribution in [0.1, 0.15) is 18.9 Å². The van der Waals surface area contributed by atoms with Crippen LogP contribution in [0.3, 0.4) is 0 Å². The molecule has 4 nitrogen and oxygen atoms in total. The smallest absolute Gasteiger partial charge is 0.226 e. The molecule has 0 heterocycles. The van der Waals surface area contributed by atoms with Crippen LogP contribution in [0, 0.1) is 5.82 Å². The number of benzene rings is 2. The van der Waals surface area contributed by atoms with Gasteiger partial charge in [-0.05, 0) is 48.4 Å². The second-order valence-electron chi connectivity index (χ2n) is 5.69. The number of rotatable bonds is 7. The third-order valence-corrected chi connectivity index (χ3v) is 4.02. The van der Waals surface area contributed by atoms with E-state index in [1.165, 1.54) is 31.2 Å². The lowest BCUT2D eigenvalue weighted by molar-refractivity contribution is -0.129. The van der Waals surface area contributed by atoms with Crippen LogP contribution in [0.15, 0.2) is 48.5 Å². The minimum absolute atomic E-state index is 0.0801. The van der Waals surface area contributed by atoms with Crippen molar-refractivity contribution in [2.45, 2.75) is 19.8 Å². The highest BCUT2D eigenvalue weighted by molar-refractivity contribution is 6.30. The molecule has 0 spiro atoms. The molecule has 0 unspecified atom stereocenters. The third-order valence-electron chi connectivity index (χ3n) is 3.77. The summed E-state index contributed by atoms with van der Waals surface area (Å²) in [6.07, 6.45) is 0.869. The first-order valence-electron chi connectivity index (χ1n) is 7.99. The molecule has 25 heavy (non-hydrogen) atoms. The van der Waals surface area contributed by atoms with Gasteiger partial charge in [0.05, 0.1) is 0 Å². The number of hydrogen-bond donors (Lipinski definition) is 1. The highest BCUT2D eigenvalue weighted by Gasteiger charge is 2.11. The topological polar surface area (TPSA) is 49.4 Å². The summed E-state index contributed by atoms with van der Waals surface area (Å²) in [4.78, 5) is 25.4.